The average Bonchev–Trinajstić information content (AvgIpc) is 2.62. The van der Waals surface area contributed by atoms with Crippen molar-refractivity contribution in [2.24, 2.45) is 0 Å². The van der Waals surface area contributed by atoms with Gasteiger partial charge in [0.25, 0.3) is 0 Å². The molecule has 1 N–H and O–H groups in total. The number of aromatic nitrogens is 1. The number of hydrogen-bond donors (Lipinski definition) is 1. The molecule has 2 rings (SSSR count). The minimum Gasteiger partial charge on any atom is -0.347 e. The molecule has 25 heavy (non-hydrogen) atoms. The van der Waals surface area contributed by atoms with Crippen LogP contribution in [0.5, 0.6) is 0 Å². The van der Waals surface area contributed by atoms with Gasteiger partial charge in [-0.2, -0.15) is 5.26 Å². The maximum atomic E-state index is 13.6. The standard InChI is InChI=1S/C17H15F3N4O/c1-2-8-24(14-5-3-4-11(9-21)22-14)10-15(25)23-13-7-6-12(18)16(19)17(13)20/h3-7H,2,8,10H2,1H3,(H,23,25). The zero-order valence-electron chi connectivity index (χ0n) is 13.4. The maximum Gasteiger partial charge on any atom is 0.244 e. The molecule has 5 nitrogen and oxygen atoms in total. The number of amides is 1. The summed E-state index contributed by atoms with van der Waals surface area (Å²) in [5.41, 5.74) is -0.246. The van der Waals surface area contributed by atoms with Crippen LogP contribution < -0.4 is 10.2 Å². The molecule has 0 saturated carbocycles. The zero-order valence-corrected chi connectivity index (χ0v) is 13.4. The predicted molar refractivity (Wildman–Crippen MR) is 86.4 cm³/mol. The number of nitrogens with zero attached hydrogens (tertiary/aromatic N) is 3. The van der Waals surface area contributed by atoms with Crippen molar-refractivity contribution < 1.29 is 18.0 Å². The zero-order chi connectivity index (χ0) is 18.4. The van der Waals surface area contributed by atoms with Gasteiger partial charge in [-0.3, -0.25) is 4.79 Å². The first-order valence-corrected chi connectivity index (χ1v) is 7.51. The number of carbonyl (C=O) groups excluding carboxylic acids is 1. The monoisotopic (exact) mass is 348 g/mol. The Kier molecular flexibility index (Phi) is 5.95. The molecule has 8 heteroatoms. The van der Waals surface area contributed by atoms with E-state index in [2.05, 4.69) is 10.3 Å². The summed E-state index contributed by atoms with van der Waals surface area (Å²) in [6, 6.07) is 8.40. The molecule has 1 heterocycles. The molecule has 1 amide bonds. The Labute approximate surface area is 142 Å². The van der Waals surface area contributed by atoms with Crippen LogP contribution in [0.4, 0.5) is 24.7 Å². The first kappa shape index (κ1) is 18.3. The minimum atomic E-state index is -1.65. The normalized spacial score (nSPS) is 10.2. The highest BCUT2D eigenvalue weighted by Crippen LogP contribution is 2.20. The summed E-state index contributed by atoms with van der Waals surface area (Å²) in [6.07, 6.45) is 0.700. The third-order valence-electron chi connectivity index (χ3n) is 3.31. The summed E-state index contributed by atoms with van der Waals surface area (Å²) in [4.78, 5) is 17.9. The number of anilines is 2. The lowest BCUT2D eigenvalue weighted by atomic mass is 10.2. The largest absolute Gasteiger partial charge is 0.347 e. The molecule has 1 aromatic carbocycles. The van der Waals surface area contributed by atoms with Crippen molar-refractivity contribution in [3.63, 3.8) is 0 Å². The fraction of sp³-hybridized carbons (Fsp3) is 0.235. The Balaban J connectivity index is 2.15. The Morgan fingerprint density at radius 1 is 1.24 bits per heavy atom. The highest BCUT2D eigenvalue weighted by Gasteiger charge is 2.17. The van der Waals surface area contributed by atoms with E-state index >= 15 is 0 Å². The summed E-state index contributed by atoms with van der Waals surface area (Å²) in [6.45, 7) is 2.18. The first-order chi connectivity index (χ1) is 12.0. The van der Waals surface area contributed by atoms with Gasteiger partial charge in [0.15, 0.2) is 17.5 Å². The third-order valence-corrected chi connectivity index (χ3v) is 3.31. The lowest BCUT2D eigenvalue weighted by Crippen LogP contribution is -2.34. The van der Waals surface area contributed by atoms with Gasteiger partial charge in [0.2, 0.25) is 5.91 Å². The second-order valence-corrected chi connectivity index (χ2v) is 5.19. The van der Waals surface area contributed by atoms with Gasteiger partial charge in [-0.15, -0.1) is 0 Å². The van der Waals surface area contributed by atoms with E-state index in [4.69, 9.17) is 5.26 Å². The molecule has 0 radical (unpaired) electrons. The van der Waals surface area contributed by atoms with Crippen molar-refractivity contribution >= 4 is 17.4 Å². The second-order valence-electron chi connectivity index (χ2n) is 5.19. The van der Waals surface area contributed by atoms with Gasteiger partial charge in [-0.05, 0) is 30.7 Å². The van der Waals surface area contributed by atoms with Crippen molar-refractivity contribution in [1.82, 2.24) is 4.98 Å². The molecule has 2 aromatic rings. The molecule has 0 unspecified atom stereocenters. The van der Waals surface area contributed by atoms with Crippen LogP contribution in [0.15, 0.2) is 30.3 Å². The van der Waals surface area contributed by atoms with Crippen LogP contribution >= 0.6 is 0 Å². The summed E-state index contributed by atoms with van der Waals surface area (Å²) in [5.74, 6) is -4.64. The highest BCUT2D eigenvalue weighted by atomic mass is 19.2. The van der Waals surface area contributed by atoms with Gasteiger partial charge in [0.1, 0.15) is 17.6 Å². The molecular formula is C17H15F3N4O. The van der Waals surface area contributed by atoms with Gasteiger partial charge in [-0.1, -0.05) is 13.0 Å². The fourth-order valence-corrected chi connectivity index (χ4v) is 2.19. The summed E-state index contributed by atoms with van der Waals surface area (Å²) in [5, 5.41) is 11.1. The quantitative estimate of drug-likeness (QED) is 0.814. The highest BCUT2D eigenvalue weighted by molar-refractivity contribution is 5.94. The Morgan fingerprint density at radius 3 is 2.68 bits per heavy atom. The number of rotatable bonds is 6. The molecule has 130 valence electrons. The number of benzene rings is 1. The summed E-state index contributed by atoms with van der Waals surface area (Å²) in [7, 11) is 0. The second kappa shape index (κ2) is 8.15. The van der Waals surface area contributed by atoms with Gasteiger partial charge in [0, 0.05) is 6.54 Å². The maximum absolute atomic E-state index is 13.6. The molecule has 0 fully saturated rings. The van der Waals surface area contributed by atoms with E-state index in [1.54, 1.807) is 17.0 Å². The van der Waals surface area contributed by atoms with Crippen molar-refractivity contribution in [1.29, 1.82) is 5.26 Å². The average molecular weight is 348 g/mol. The van der Waals surface area contributed by atoms with Crippen LogP contribution in [-0.4, -0.2) is 24.0 Å². The Hall–Kier alpha value is -3.08. The van der Waals surface area contributed by atoms with E-state index in [9.17, 15) is 18.0 Å². The van der Waals surface area contributed by atoms with Crippen LogP contribution in [-0.2, 0) is 4.79 Å². The van der Waals surface area contributed by atoms with E-state index in [1.807, 2.05) is 13.0 Å². The van der Waals surface area contributed by atoms with E-state index in [0.29, 0.717) is 18.8 Å². The van der Waals surface area contributed by atoms with Crippen LogP contribution in [0.25, 0.3) is 0 Å². The van der Waals surface area contributed by atoms with Crippen LogP contribution in [0.2, 0.25) is 0 Å². The number of hydrogen-bond acceptors (Lipinski definition) is 4. The molecule has 0 aliphatic carbocycles. The van der Waals surface area contributed by atoms with Gasteiger partial charge in [0.05, 0.1) is 12.2 Å². The molecule has 0 aliphatic rings. The number of halogens is 3. The van der Waals surface area contributed by atoms with E-state index in [1.165, 1.54) is 6.07 Å². The lowest BCUT2D eigenvalue weighted by Gasteiger charge is -2.22. The van der Waals surface area contributed by atoms with Gasteiger partial charge in [-0.25, -0.2) is 18.2 Å². The Morgan fingerprint density at radius 2 is 2.00 bits per heavy atom. The van der Waals surface area contributed by atoms with Crippen molar-refractivity contribution in [2.45, 2.75) is 13.3 Å². The van der Waals surface area contributed by atoms with Gasteiger partial charge >= 0.3 is 0 Å². The van der Waals surface area contributed by atoms with Gasteiger partial charge < -0.3 is 10.2 Å². The summed E-state index contributed by atoms with van der Waals surface area (Å²) < 4.78 is 39.8. The molecule has 0 atom stereocenters. The summed E-state index contributed by atoms with van der Waals surface area (Å²) >= 11 is 0. The number of nitrogens with one attached hydrogen (secondary N) is 1. The predicted octanol–water partition coefficient (Wildman–Crippen LogP) is 3.23. The third kappa shape index (κ3) is 4.47. The van der Waals surface area contributed by atoms with Crippen molar-refractivity contribution in [3.05, 3.63) is 53.5 Å². The molecule has 0 aliphatic heterocycles. The molecule has 0 saturated heterocycles. The topological polar surface area (TPSA) is 69.0 Å². The fourth-order valence-electron chi connectivity index (χ4n) is 2.19. The molecule has 0 spiro atoms. The van der Waals surface area contributed by atoms with Crippen molar-refractivity contribution in [3.8, 4) is 6.07 Å². The number of carbonyl (C=O) groups is 1. The number of pyridine rings is 1. The number of nitriles is 1. The molecule has 1 aromatic heterocycles. The SMILES string of the molecule is CCCN(CC(=O)Nc1ccc(F)c(F)c1F)c1cccc(C#N)n1. The molecule has 0 bridgehead atoms. The molecular weight excluding hydrogens is 333 g/mol. The van der Waals surface area contributed by atoms with Crippen LogP contribution in [0, 0.1) is 28.8 Å². The smallest absolute Gasteiger partial charge is 0.244 e. The van der Waals surface area contributed by atoms with Crippen molar-refractivity contribution in [2.75, 3.05) is 23.3 Å². The van der Waals surface area contributed by atoms with Crippen LogP contribution in [0.3, 0.4) is 0 Å². The van der Waals surface area contributed by atoms with E-state index < -0.39 is 29.0 Å². The Bertz CT molecular complexity index is 820. The van der Waals surface area contributed by atoms with Crippen LogP contribution in [0.1, 0.15) is 19.0 Å². The van der Waals surface area contributed by atoms with E-state index in [0.717, 1.165) is 12.1 Å². The lowest BCUT2D eigenvalue weighted by molar-refractivity contribution is -0.115. The van der Waals surface area contributed by atoms with E-state index in [-0.39, 0.29) is 12.2 Å². The minimum absolute atomic E-state index is 0.186. The first-order valence-electron chi connectivity index (χ1n) is 7.51.